The molecule has 1 aromatic rings. The SMILES string of the molecule is CCOC(=O)c1cc(NC(=O)C2CC(=O)N(CC)C2)cc(C(=O)OCC)c1. The first-order valence-electron chi connectivity index (χ1n) is 8.97. The second kappa shape index (κ2) is 9.16. The van der Waals surface area contributed by atoms with Gasteiger partial charge in [-0.2, -0.15) is 0 Å². The van der Waals surface area contributed by atoms with Crippen molar-refractivity contribution in [1.29, 1.82) is 0 Å². The minimum atomic E-state index is -0.604. The highest BCUT2D eigenvalue weighted by Gasteiger charge is 2.33. The van der Waals surface area contributed by atoms with E-state index in [1.165, 1.54) is 18.2 Å². The predicted octanol–water partition coefficient (Wildman–Crippen LogP) is 1.85. The molecule has 0 radical (unpaired) electrons. The fourth-order valence-electron chi connectivity index (χ4n) is 2.86. The van der Waals surface area contributed by atoms with Crippen LogP contribution >= 0.6 is 0 Å². The van der Waals surface area contributed by atoms with Gasteiger partial charge in [0.25, 0.3) is 0 Å². The van der Waals surface area contributed by atoms with Crippen LogP contribution in [0.25, 0.3) is 0 Å². The molecule has 8 nitrogen and oxygen atoms in total. The number of esters is 2. The molecule has 27 heavy (non-hydrogen) atoms. The molecular weight excluding hydrogens is 352 g/mol. The molecule has 0 bridgehead atoms. The van der Waals surface area contributed by atoms with Crippen molar-refractivity contribution in [3.8, 4) is 0 Å². The smallest absolute Gasteiger partial charge is 0.338 e. The number of nitrogens with one attached hydrogen (secondary N) is 1. The van der Waals surface area contributed by atoms with Gasteiger partial charge < -0.3 is 19.7 Å². The first-order valence-corrected chi connectivity index (χ1v) is 8.97. The quantitative estimate of drug-likeness (QED) is 0.729. The summed E-state index contributed by atoms with van der Waals surface area (Å²) in [7, 11) is 0. The number of rotatable bonds is 7. The molecule has 2 amide bonds. The molecule has 0 aliphatic carbocycles. The Morgan fingerprint density at radius 3 is 2.04 bits per heavy atom. The van der Waals surface area contributed by atoms with Gasteiger partial charge in [-0.1, -0.05) is 0 Å². The Bertz CT molecular complexity index is 709. The maximum absolute atomic E-state index is 12.5. The summed E-state index contributed by atoms with van der Waals surface area (Å²) in [5.41, 5.74) is 0.543. The van der Waals surface area contributed by atoms with Crippen LogP contribution in [-0.2, 0) is 19.1 Å². The highest BCUT2D eigenvalue weighted by molar-refractivity contribution is 6.01. The van der Waals surface area contributed by atoms with Gasteiger partial charge in [0.05, 0.1) is 30.3 Å². The minimum Gasteiger partial charge on any atom is -0.462 e. The summed E-state index contributed by atoms with van der Waals surface area (Å²) in [5.74, 6) is -2.09. The summed E-state index contributed by atoms with van der Waals surface area (Å²) < 4.78 is 9.94. The lowest BCUT2D eigenvalue weighted by Crippen LogP contribution is -2.28. The molecule has 1 atom stereocenters. The molecule has 1 aliphatic rings. The molecule has 2 rings (SSSR count). The molecule has 1 saturated heterocycles. The van der Waals surface area contributed by atoms with Crippen LogP contribution in [0.3, 0.4) is 0 Å². The van der Waals surface area contributed by atoms with Crippen molar-refractivity contribution in [2.75, 3.05) is 31.6 Å². The number of carbonyl (C=O) groups excluding carboxylic acids is 4. The molecule has 146 valence electrons. The normalized spacial score (nSPS) is 16.2. The molecule has 1 aliphatic heterocycles. The zero-order chi connectivity index (χ0) is 20.0. The second-order valence-electron chi connectivity index (χ2n) is 6.06. The van der Waals surface area contributed by atoms with Crippen molar-refractivity contribution in [2.45, 2.75) is 27.2 Å². The highest BCUT2D eigenvalue weighted by atomic mass is 16.5. The topological polar surface area (TPSA) is 102 Å². The van der Waals surface area contributed by atoms with Crippen molar-refractivity contribution in [1.82, 2.24) is 4.90 Å². The fourth-order valence-corrected chi connectivity index (χ4v) is 2.86. The van der Waals surface area contributed by atoms with Crippen LogP contribution < -0.4 is 5.32 Å². The number of amides is 2. The van der Waals surface area contributed by atoms with Gasteiger partial charge in [-0.15, -0.1) is 0 Å². The van der Waals surface area contributed by atoms with Crippen LogP contribution in [0.1, 0.15) is 47.9 Å². The van der Waals surface area contributed by atoms with Crippen molar-refractivity contribution < 1.29 is 28.7 Å². The van der Waals surface area contributed by atoms with E-state index >= 15 is 0 Å². The number of likely N-dealkylation sites (tertiary alicyclic amines) is 1. The van der Waals surface area contributed by atoms with E-state index in [1.54, 1.807) is 18.7 Å². The molecule has 1 aromatic carbocycles. The zero-order valence-corrected chi connectivity index (χ0v) is 15.7. The van der Waals surface area contributed by atoms with Gasteiger partial charge in [0.15, 0.2) is 0 Å². The number of carbonyl (C=O) groups is 4. The molecule has 1 N–H and O–H groups in total. The van der Waals surface area contributed by atoms with Crippen LogP contribution in [0.4, 0.5) is 5.69 Å². The number of hydrogen-bond donors (Lipinski definition) is 1. The Hall–Kier alpha value is -2.90. The molecule has 0 saturated carbocycles. The number of nitrogens with zero attached hydrogens (tertiary/aromatic N) is 1. The minimum absolute atomic E-state index is 0.0647. The zero-order valence-electron chi connectivity index (χ0n) is 15.7. The molecule has 8 heteroatoms. The van der Waals surface area contributed by atoms with E-state index in [0.29, 0.717) is 13.1 Å². The third-order valence-corrected chi connectivity index (χ3v) is 4.19. The summed E-state index contributed by atoms with van der Waals surface area (Å²) in [6.45, 7) is 6.46. The van der Waals surface area contributed by atoms with E-state index in [9.17, 15) is 19.2 Å². The van der Waals surface area contributed by atoms with Gasteiger partial charge in [-0.25, -0.2) is 9.59 Å². The molecular formula is C19H24N2O6. The maximum atomic E-state index is 12.5. The fraction of sp³-hybridized carbons (Fsp3) is 0.474. The Labute approximate surface area is 157 Å². The predicted molar refractivity (Wildman–Crippen MR) is 97.3 cm³/mol. The van der Waals surface area contributed by atoms with Crippen LogP contribution in [0, 0.1) is 5.92 Å². The van der Waals surface area contributed by atoms with Crippen LogP contribution in [0.15, 0.2) is 18.2 Å². The first-order chi connectivity index (χ1) is 12.9. The Kier molecular flexibility index (Phi) is 6.92. The van der Waals surface area contributed by atoms with Gasteiger partial charge in [-0.05, 0) is 39.0 Å². The van der Waals surface area contributed by atoms with E-state index in [1.807, 2.05) is 6.92 Å². The molecule has 1 heterocycles. The van der Waals surface area contributed by atoms with Crippen LogP contribution in [-0.4, -0.2) is 55.0 Å². The van der Waals surface area contributed by atoms with Crippen molar-refractivity contribution >= 4 is 29.4 Å². The number of benzene rings is 1. The number of ether oxygens (including phenoxy) is 2. The maximum Gasteiger partial charge on any atom is 0.338 e. The second-order valence-corrected chi connectivity index (χ2v) is 6.06. The molecule has 1 unspecified atom stereocenters. The van der Waals surface area contributed by atoms with Gasteiger partial charge in [0.1, 0.15) is 0 Å². The standard InChI is InChI=1S/C19H24N2O6/c1-4-21-11-14(10-16(21)22)17(23)20-15-8-12(18(24)26-5-2)7-13(9-15)19(25)27-6-3/h7-9,14H,4-6,10-11H2,1-3H3,(H,20,23). The van der Waals surface area contributed by atoms with Crippen molar-refractivity contribution in [3.63, 3.8) is 0 Å². The van der Waals surface area contributed by atoms with Gasteiger partial charge >= 0.3 is 11.9 Å². The summed E-state index contributed by atoms with van der Waals surface area (Å²) >= 11 is 0. The van der Waals surface area contributed by atoms with Gasteiger partial charge in [0.2, 0.25) is 11.8 Å². The Morgan fingerprint density at radius 1 is 1.04 bits per heavy atom. The lowest BCUT2D eigenvalue weighted by molar-refractivity contribution is -0.128. The Morgan fingerprint density at radius 2 is 1.59 bits per heavy atom. The third-order valence-electron chi connectivity index (χ3n) is 4.19. The average molecular weight is 376 g/mol. The van der Waals surface area contributed by atoms with Crippen LogP contribution in [0.2, 0.25) is 0 Å². The lowest BCUT2D eigenvalue weighted by Gasteiger charge is -2.14. The van der Waals surface area contributed by atoms with Crippen molar-refractivity contribution in [3.05, 3.63) is 29.3 Å². The summed E-state index contributed by atoms with van der Waals surface area (Å²) in [4.78, 5) is 50.1. The molecule has 1 fully saturated rings. The van der Waals surface area contributed by atoms with E-state index in [2.05, 4.69) is 5.32 Å². The number of hydrogen-bond acceptors (Lipinski definition) is 6. The van der Waals surface area contributed by atoms with Gasteiger partial charge in [-0.3, -0.25) is 9.59 Å². The summed E-state index contributed by atoms with van der Waals surface area (Å²) in [6.07, 6.45) is 0.141. The van der Waals surface area contributed by atoms with Crippen molar-refractivity contribution in [2.24, 2.45) is 5.92 Å². The molecule has 0 aromatic heterocycles. The monoisotopic (exact) mass is 376 g/mol. The highest BCUT2D eigenvalue weighted by Crippen LogP contribution is 2.22. The average Bonchev–Trinajstić information content (AvgIpc) is 3.03. The summed E-state index contributed by atoms with van der Waals surface area (Å²) in [5, 5.41) is 2.69. The van der Waals surface area contributed by atoms with E-state index in [-0.39, 0.29) is 48.3 Å². The largest absolute Gasteiger partial charge is 0.462 e. The first kappa shape index (κ1) is 20.4. The third kappa shape index (κ3) is 5.06. The molecule has 0 spiro atoms. The number of anilines is 1. The lowest BCUT2D eigenvalue weighted by atomic mass is 10.1. The van der Waals surface area contributed by atoms with Crippen LogP contribution in [0.5, 0.6) is 0 Å². The Balaban J connectivity index is 2.23. The summed E-state index contributed by atoms with van der Waals surface area (Å²) in [6, 6.07) is 4.24. The van der Waals surface area contributed by atoms with E-state index in [4.69, 9.17) is 9.47 Å². The van der Waals surface area contributed by atoms with Gasteiger partial charge in [0, 0.05) is 25.2 Å². The van der Waals surface area contributed by atoms with E-state index in [0.717, 1.165) is 0 Å². The van der Waals surface area contributed by atoms with E-state index < -0.39 is 17.9 Å².